The Morgan fingerprint density at radius 1 is 1.32 bits per heavy atom. The average Bonchev–Trinajstić information content (AvgIpc) is 3.00. The fraction of sp³-hybridized carbons (Fsp3) is 0.278. The molecule has 0 aliphatic carbocycles. The summed E-state index contributed by atoms with van der Waals surface area (Å²) >= 11 is 6.38. The van der Waals surface area contributed by atoms with Crippen LogP contribution in [-0.2, 0) is 16.6 Å². The van der Waals surface area contributed by atoms with Crippen LogP contribution < -0.4 is 5.11 Å². The monoisotopic (exact) mass is 373 g/mol. The summed E-state index contributed by atoms with van der Waals surface area (Å²) in [5.74, 6) is -1.98. The van der Waals surface area contributed by atoms with Gasteiger partial charge in [0.2, 0.25) is 0 Å². The average molecular weight is 373 g/mol. The Morgan fingerprint density at radius 2 is 2.00 bits per heavy atom. The Morgan fingerprint density at radius 3 is 2.64 bits per heavy atom. The summed E-state index contributed by atoms with van der Waals surface area (Å²) in [4.78, 5) is 25.8. The second kappa shape index (κ2) is 6.65. The summed E-state index contributed by atoms with van der Waals surface area (Å²) in [5, 5.41) is 12.5. The van der Waals surface area contributed by atoms with Crippen LogP contribution in [0.2, 0.25) is 0 Å². The van der Waals surface area contributed by atoms with E-state index in [2.05, 4.69) is 0 Å². The van der Waals surface area contributed by atoms with E-state index in [1.807, 2.05) is 42.1 Å². The molecule has 130 valence electrons. The second-order valence-corrected chi connectivity index (χ2v) is 7.95. The van der Waals surface area contributed by atoms with Gasteiger partial charge < -0.3 is 14.5 Å². The molecule has 1 amide bonds. The minimum atomic E-state index is -1.29. The Hall–Kier alpha value is -2.12. The maximum atomic E-state index is 12.8. The summed E-state index contributed by atoms with van der Waals surface area (Å²) in [6.07, 6.45) is 3.71. The van der Waals surface area contributed by atoms with E-state index in [0.717, 1.165) is 33.1 Å². The molecule has 2 aromatic rings. The van der Waals surface area contributed by atoms with Crippen molar-refractivity contribution >= 4 is 57.2 Å². The zero-order valence-electron chi connectivity index (χ0n) is 14.1. The number of aromatic nitrogens is 1. The second-order valence-electron chi connectivity index (χ2n) is 6.27. The lowest BCUT2D eigenvalue weighted by Crippen LogP contribution is -2.52. The number of aryl methyl sites for hydroxylation is 1. The van der Waals surface area contributed by atoms with Gasteiger partial charge in [-0.1, -0.05) is 56.0 Å². The molecule has 0 N–H and O–H groups in total. The zero-order chi connectivity index (χ0) is 18.3. The minimum Gasteiger partial charge on any atom is -0.548 e. The maximum Gasteiger partial charge on any atom is 0.266 e. The van der Waals surface area contributed by atoms with Gasteiger partial charge in [-0.25, -0.2) is 0 Å². The van der Waals surface area contributed by atoms with Gasteiger partial charge in [-0.3, -0.25) is 9.69 Å². The molecule has 1 atom stereocenters. The fourth-order valence-corrected chi connectivity index (χ4v) is 4.34. The Bertz CT molecular complexity index is 914. The fourth-order valence-electron chi connectivity index (χ4n) is 3.02. The zero-order valence-corrected chi connectivity index (χ0v) is 15.7. The predicted octanol–water partition coefficient (Wildman–Crippen LogP) is 2.15. The van der Waals surface area contributed by atoms with Gasteiger partial charge in [-0.15, -0.1) is 0 Å². The first kappa shape index (κ1) is 17.7. The number of para-hydroxylation sites is 1. The first-order chi connectivity index (χ1) is 11.8. The highest BCUT2D eigenvalue weighted by Gasteiger charge is 2.39. The van der Waals surface area contributed by atoms with E-state index >= 15 is 0 Å². The summed E-state index contributed by atoms with van der Waals surface area (Å²) in [6.45, 7) is 3.46. The first-order valence-electron chi connectivity index (χ1n) is 7.83. The molecule has 1 aliphatic heterocycles. The van der Waals surface area contributed by atoms with Crippen molar-refractivity contribution in [2.75, 3.05) is 0 Å². The molecule has 1 aliphatic rings. The molecule has 25 heavy (non-hydrogen) atoms. The third-order valence-electron chi connectivity index (χ3n) is 4.19. The number of thiocarbonyl (C=S) groups is 1. The molecule has 2 heterocycles. The quantitative estimate of drug-likeness (QED) is 0.607. The molecular formula is C18H17N2O3S2-. The number of benzene rings is 1. The molecule has 3 rings (SSSR count). The molecule has 1 aromatic carbocycles. The predicted molar refractivity (Wildman–Crippen MR) is 102 cm³/mol. The summed E-state index contributed by atoms with van der Waals surface area (Å²) in [7, 11) is 1.94. The van der Waals surface area contributed by atoms with Crippen LogP contribution in [0.3, 0.4) is 0 Å². The van der Waals surface area contributed by atoms with Crippen molar-refractivity contribution < 1.29 is 14.7 Å². The molecule has 0 unspecified atom stereocenters. The number of carboxylic acid groups (broad SMARTS) is 1. The standard InChI is InChI=1S/C18H18N2O3S2/c1-10(2)15(17(22)23)20-16(21)14(25-18(20)24)8-11-9-19(3)13-7-5-4-6-12(11)13/h4-10,15H,1-3H3,(H,22,23)/p-1/b14-8-/t15-/m0/s1. The number of thioether (sulfide) groups is 1. The van der Waals surface area contributed by atoms with Crippen molar-refractivity contribution in [3.8, 4) is 0 Å². The molecule has 7 heteroatoms. The lowest BCUT2D eigenvalue weighted by atomic mass is 10.0. The van der Waals surface area contributed by atoms with Gasteiger partial charge >= 0.3 is 0 Å². The van der Waals surface area contributed by atoms with Crippen molar-refractivity contribution in [3.63, 3.8) is 0 Å². The number of aliphatic carboxylic acids is 1. The van der Waals surface area contributed by atoms with Gasteiger partial charge in [-0.05, 0) is 18.1 Å². The molecule has 5 nitrogen and oxygen atoms in total. The highest BCUT2D eigenvalue weighted by atomic mass is 32.2. The number of hydrogen-bond donors (Lipinski definition) is 0. The van der Waals surface area contributed by atoms with Crippen molar-refractivity contribution in [2.45, 2.75) is 19.9 Å². The normalized spacial score (nSPS) is 17.9. The van der Waals surface area contributed by atoms with Crippen molar-refractivity contribution in [1.29, 1.82) is 0 Å². The van der Waals surface area contributed by atoms with Gasteiger partial charge in [0.15, 0.2) is 0 Å². The van der Waals surface area contributed by atoms with Crippen molar-refractivity contribution in [2.24, 2.45) is 13.0 Å². The third kappa shape index (κ3) is 3.09. The van der Waals surface area contributed by atoms with E-state index in [1.165, 1.54) is 0 Å². The van der Waals surface area contributed by atoms with Crippen molar-refractivity contribution in [1.82, 2.24) is 9.47 Å². The van der Waals surface area contributed by atoms with E-state index < -0.39 is 12.0 Å². The van der Waals surface area contributed by atoms with Crippen LogP contribution in [0.4, 0.5) is 0 Å². The molecule has 0 spiro atoms. The summed E-state index contributed by atoms with van der Waals surface area (Å²) < 4.78 is 2.24. The Kier molecular flexibility index (Phi) is 4.71. The maximum absolute atomic E-state index is 12.8. The molecule has 1 aromatic heterocycles. The number of carbonyl (C=O) groups is 2. The number of nitrogens with zero attached hydrogens (tertiary/aromatic N) is 2. The van der Waals surface area contributed by atoms with E-state index in [9.17, 15) is 14.7 Å². The Labute approximate surface area is 155 Å². The van der Waals surface area contributed by atoms with Crippen LogP contribution in [0.25, 0.3) is 17.0 Å². The van der Waals surface area contributed by atoms with Gasteiger partial charge in [0.25, 0.3) is 5.91 Å². The summed E-state index contributed by atoms with van der Waals surface area (Å²) in [5.41, 5.74) is 1.95. The lowest BCUT2D eigenvalue weighted by Gasteiger charge is -2.30. The SMILES string of the molecule is CC(C)[C@@H](C(=O)[O-])N1C(=O)/C(=C/c2cn(C)c3ccccc23)SC1=S. The van der Waals surface area contributed by atoms with E-state index in [0.29, 0.717) is 4.91 Å². The van der Waals surface area contributed by atoms with E-state index in [4.69, 9.17) is 12.2 Å². The van der Waals surface area contributed by atoms with Crippen molar-refractivity contribution in [3.05, 3.63) is 40.9 Å². The van der Waals surface area contributed by atoms with Crippen LogP contribution >= 0.6 is 24.0 Å². The summed E-state index contributed by atoms with van der Waals surface area (Å²) in [6, 6.07) is 6.82. The molecule has 0 saturated carbocycles. The van der Waals surface area contributed by atoms with Crippen LogP contribution in [-0.4, -0.2) is 31.7 Å². The van der Waals surface area contributed by atoms with Crippen LogP contribution in [0, 0.1) is 5.92 Å². The highest BCUT2D eigenvalue weighted by molar-refractivity contribution is 8.26. The van der Waals surface area contributed by atoms with Crippen LogP contribution in [0.5, 0.6) is 0 Å². The molecule has 0 radical (unpaired) electrons. The molecule has 0 bridgehead atoms. The van der Waals surface area contributed by atoms with Gasteiger partial charge in [0.1, 0.15) is 4.32 Å². The number of fused-ring (bicyclic) bond motifs is 1. The number of hydrogen-bond acceptors (Lipinski definition) is 5. The smallest absolute Gasteiger partial charge is 0.266 e. The van der Waals surface area contributed by atoms with E-state index in [1.54, 1.807) is 19.9 Å². The molecule has 1 fully saturated rings. The number of rotatable bonds is 4. The minimum absolute atomic E-state index is 0.249. The van der Waals surface area contributed by atoms with Gasteiger partial charge in [-0.2, -0.15) is 0 Å². The van der Waals surface area contributed by atoms with Gasteiger partial charge in [0.05, 0.1) is 16.9 Å². The number of carbonyl (C=O) groups excluding carboxylic acids is 2. The van der Waals surface area contributed by atoms with Crippen LogP contribution in [0.1, 0.15) is 19.4 Å². The van der Waals surface area contributed by atoms with Crippen LogP contribution in [0.15, 0.2) is 35.4 Å². The van der Waals surface area contributed by atoms with E-state index in [-0.39, 0.29) is 16.1 Å². The van der Waals surface area contributed by atoms with Gasteiger partial charge in [0, 0.05) is 29.7 Å². The topological polar surface area (TPSA) is 65.4 Å². The largest absolute Gasteiger partial charge is 0.548 e. The number of amides is 1. The Balaban J connectivity index is 2.01. The number of carboxylic acids is 1. The highest BCUT2D eigenvalue weighted by Crippen LogP contribution is 2.36. The third-order valence-corrected chi connectivity index (χ3v) is 5.52. The molecular weight excluding hydrogens is 356 g/mol. The first-order valence-corrected chi connectivity index (χ1v) is 9.05. The molecule has 1 saturated heterocycles. The lowest BCUT2D eigenvalue weighted by molar-refractivity contribution is -0.311.